The fraction of sp³-hybridized carbons (Fsp3) is 0.188. The zero-order valence-electron chi connectivity index (χ0n) is 12.6. The van der Waals surface area contributed by atoms with Crippen LogP contribution in [-0.4, -0.2) is 32.0 Å². The molecule has 0 radical (unpaired) electrons. The van der Waals surface area contributed by atoms with E-state index in [1.54, 1.807) is 18.2 Å². The molecule has 0 bridgehead atoms. The number of benzene rings is 2. The number of halogens is 1. The lowest BCUT2D eigenvalue weighted by molar-refractivity contribution is -0.140. The molecule has 1 aromatic heterocycles. The maximum absolute atomic E-state index is 11.9. The van der Waals surface area contributed by atoms with E-state index in [-0.39, 0.29) is 22.9 Å². The van der Waals surface area contributed by atoms with E-state index < -0.39 is 11.9 Å². The van der Waals surface area contributed by atoms with Gasteiger partial charge in [0.2, 0.25) is 0 Å². The fourth-order valence-electron chi connectivity index (χ4n) is 2.58. The molecule has 0 aliphatic rings. The van der Waals surface area contributed by atoms with Gasteiger partial charge in [0, 0.05) is 11.5 Å². The third-order valence-corrected chi connectivity index (χ3v) is 4.61. The van der Waals surface area contributed by atoms with E-state index in [4.69, 9.17) is 16.3 Å². The van der Waals surface area contributed by atoms with Gasteiger partial charge in [-0.25, -0.2) is 0 Å². The van der Waals surface area contributed by atoms with Crippen LogP contribution in [-0.2, 0) is 9.53 Å². The Kier molecular flexibility index (Phi) is 4.55. The average Bonchev–Trinajstić information content (AvgIpc) is 3.04. The SMILES string of the molecule is COC(=O)C[C@@H](c1ccc(O)c(Cl)c1)c1c(O)ccc2nsnc12. The molecule has 0 unspecified atom stereocenters. The Balaban J connectivity index is 2.20. The minimum Gasteiger partial charge on any atom is -0.508 e. The fourth-order valence-corrected chi connectivity index (χ4v) is 3.32. The Hall–Kier alpha value is -2.38. The highest BCUT2D eigenvalue weighted by Crippen LogP contribution is 2.40. The zero-order valence-corrected chi connectivity index (χ0v) is 14.1. The van der Waals surface area contributed by atoms with Gasteiger partial charge in [-0.15, -0.1) is 0 Å². The first kappa shape index (κ1) is 16.5. The molecule has 3 rings (SSSR count). The van der Waals surface area contributed by atoms with E-state index in [1.165, 1.54) is 19.2 Å². The molecule has 0 fully saturated rings. The van der Waals surface area contributed by atoms with Crippen molar-refractivity contribution in [2.45, 2.75) is 12.3 Å². The summed E-state index contributed by atoms with van der Waals surface area (Å²) in [5.74, 6) is -1.03. The highest BCUT2D eigenvalue weighted by atomic mass is 35.5. The summed E-state index contributed by atoms with van der Waals surface area (Å²) in [5.41, 5.74) is 2.29. The predicted molar refractivity (Wildman–Crippen MR) is 90.7 cm³/mol. The minimum absolute atomic E-state index is 0.00769. The number of phenols is 2. The number of carbonyl (C=O) groups excluding carboxylic acids is 1. The van der Waals surface area contributed by atoms with Crippen LogP contribution in [0.3, 0.4) is 0 Å². The summed E-state index contributed by atoms with van der Waals surface area (Å²) in [5, 5.41) is 20.2. The molecule has 6 nitrogen and oxygen atoms in total. The number of carbonyl (C=O) groups is 1. The van der Waals surface area contributed by atoms with Crippen LogP contribution in [0.2, 0.25) is 5.02 Å². The number of phenolic OH excluding ortho intramolecular Hbond substituents is 2. The number of hydrogen-bond acceptors (Lipinski definition) is 7. The van der Waals surface area contributed by atoms with Gasteiger partial charge in [0.05, 0.1) is 30.3 Å². The molecule has 3 aromatic rings. The van der Waals surface area contributed by atoms with Crippen molar-refractivity contribution in [2.24, 2.45) is 0 Å². The average molecular weight is 365 g/mol. The summed E-state index contributed by atoms with van der Waals surface area (Å²) in [6, 6.07) is 7.83. The number of rotatable bonds is 4. The third-order valence-electron chi connectivity index (χ3n) is 3.77. The number of esters is 1. The lowest BCUT2D eigenvalue weighted by Gasteiger charge is -2.19. The van der Waals surface area contributed by atoms with Crippen LogP contribution in [0.1, 0.15) is 23.5 Å². The van der Waals surface area contributed by atoms with Gasteiger partial charge in [-0.3, -0.25) is 4.79 Å². The minimum atomic E-state index is -0.539. The number of fused-ring (bicyclic) bond motifs is 1. The Morgan fingerprint density at radius 1 is 1.25 bits per heavy atom. The molecule has 2 N–H and O–H groups in total. The van der Waals surface area contributed by atoms with Gasteiger partial charge in [0.1, 0.15) is 22.5 Å². The molecule has 0 amide bonds. The Bertz CT molecular complexity index is 912. The van der Waals surface area contributed by atoms with Crippen molar-refractivity contribution in [1.29, 1.82) is 0 Å². The van der Waals surface area contributed by atoms with E-state index in [2.05, 4.69) is 8.75 Å². The number of ether oxygens (including phenoxy) is 1. The first-order valence-corrected chi connectivity index (χ1v) is 8.11. The molecule has 0 aliphatic carbocycles. The molecular formula is C16H13ClN2O4S. The number of nitrogens with zero attached hydrogens (tertiary/aromatic N) is 2. The van der Waals surface area contributed by atoms with Crippen LogP contribution in [0, 0.1) is 0 Å². The Morgan fingerprint density at radius 2 is 2.00 bits per heavy atom. The van der Waals surface area contributed by atoms with Crippen LogP contribution in [0.5, 0.6) is 11.5 Å². The second-order valence-electron chi connectivity index (χ2n) is 5.17. The van der Waals surface area contributed by atoms with Gasteiger partial charge in [0.25, 0.3) is 0 Å². The number of hydrogen-bond donors (Lipinski definition) is 2. The number of aromatic hydroxyl groups is 2. The van der Waals surface area contributed by atoms with Crippen LogP contribution >= 0.6 is 23.3 Å². The van der Waals surface area contributed by atoms with E-state index in [1.807, 2.05) is 0 Å². The number of methoxy groups -OCH3 is 1. The quantitative estimate of drug-likeness (QED) is 0.689. The molecule has 0 saturated heterocycles. The monoisotopic (exact) mass is 364 g/mol. The molecule has 2 aromatic carbocycles. The summed E-state index contributed by atoms with van der Waals surface area (Å²) in [7, 11) is 1.30. The van der Waals surface area contributed by atoms with Gasteiger partial charge in [-0.2, -0.15) is 8.75 Å². The molecule has 0 aliphatic heterocycles. The first-order chi connectivity index (χ1) is 11.5. The van der Waals surface area contributed by atoms with Crippen molar-refractivity contribution in [1.82, 2.24) is 8.75 Å². The van der Waals surface area contributed by atoms with E-state index in [9.17, 15) is 15.0 Å². The van der Waals surface area contributed by atoms with Crippen LogP contribution in [0.15, 0.2) is 30.3 Å². The van der Waals surface area contributed by atoms with Gasteiger partial charge < -0.3 is 14.9 Å². The molecular weight excluding hydrogens is 352 g/mol. The molecule has 8 heteroatoms. The largest absolute Gasteiger partial charge is 0.508 e. The molecule has 24 heavy (non-hydrogen) atoms. The van der Waals surface area contributed by atoms with Crippen LogP contribution < -0.4 is 0 Å². The van der Waals surface area contributed by atoms with Gasteiger partial charge in [0.15, 0.2) is 0 Å². The smallest absolute Gasteiger partial charge is 0.306 e. The highest BCUT2D eigenvalue weighted by Gasteiger charge is 2.26. The third kappa shape index (κ3) is 3.00. The Labute approximate surface area is 146 Å². The lowest BCUT2D eigenvalue weighted by Crippen LogP contribution is -2.11. The normalized spacial score (nSPS) is 12.2. The maximum Gasteiger partial charge on any atom is 0.306 e. The second-order valence-corrected chi connectivity index (χ2v) is 6.11. The lowest BCUT2D eigenvalue weighted by atomic mass is 9.87. The Morgan fingerprint density at radius 3 is 2.71 bits per heavy atom. The van der Waals surface area contributed by atoms with E-state index >= 15 is 0 Å². The molecule has 1 atom stereocenters. The first-order valence-electron chi connectivity index (χ1n) is 7.00. The van der Waals surface area contributed by atoms with Gasteiger partial charge in [-0.1, -0.05) is 17.7 Å². The van der Waals surface area contributed by atoms with Crippen molar-refractivity contribution in [2.75, 3.05) is 7.11 Å². The summed E-state index contributed by atoms with van der Waals surface area (Å²) in [6.45, 7) is 0. The summed E-state index contributed by atoms with van der Waals surface area (Å²) < 4.78 is 13.2. The van der Waals surface area contributed by atoms with Gasteiger partial charge in [-0.05, 0) is 29.8 Å². The van der Waals surface area contributed by atoms with Gasteiger partial charge >= 0.3 is 5.97 Å². The highest BCUT2D eigenvalue weighted by molar-refractivity contribution is 7.00. The summed E-state index contributed by atoms with van der Waals surface area (Å²) >= 11 is 7.02. The van der Waals surface area contributed by atoms with Crippen LogP contribution in [0.4, 0.5) is 0 Å². The standard InChI is InChI=1S/C16H13ClN2O4S/c1-23-14(22)7-9(8-2-4-12(20)10(17)6-8)15-13(21)5-3-11-16(15)19-24-18-11/h2-6,9,20-21H,7H2,1H3/t9-/m0/s1. The zero-order chi connectivity index (χ0) is 17.3. The molecule has 0 spiro atoms. The van der Waals surface area contributed by atoms with Crippen molar-refractivity contribution < 1.29 is 19.7 Å². The van der Waals surface area contributed by atoms with E-state index in [0.717, 1.165) is 11.7 Å². The number of aromatic nitrogens is 2. The van der Waals surface area contributed by atoms with Crippen molar-refractivity contribution >= 4 is 40.3 Å². The molecule has 1 heterocycles. The summed E-state index contributed by atoms with van der Waals surface area (Å²) in [6.07, 6.45) is -0.0121. The second kappa shape index (κ2) is 6.62. The maximum atomic E-state index is 11.9. The topological polar surface area (TPSA) is 92.5 Å². The van der Waals surface area contributed by atoms with Crippen molar-refractivity contribution in [3.05, 3.63) is 46.5 Å². The van der Waals surface area contributed by atoms with E-state index in [0.29, 0.717) is 22.2 Å². The van der Waals surface area contributed by atoms with Crippen molar-refractivity contribution in [3.63, 3.8) is 0 Å². The molecule has 0 saturated carbocycles. The molecule has 124 valence electrons. The van der Waals surface area contributed by atoms with Crippen LogP contribution in [0.25, 0.3) is 11.0 Å². The van der Waals surface area contributed by atoms with Crippen molar-refractivity contribution in [3.8, 4) is 11.5 Å². The predicted octanol–water partition coefficient (Wildman–Crippen LogP) is 3.45. The summed E-state index contributed by atoms with van der Waals surface area (Å²) in [4.78, 5) is 11.9.